The van der Waals surface area contributed by atoms with Gasteiger partial charge in [-0.1, -0.05) is 12.1 Å². The lowest BCUT2D eigenvalue weighted by Gasteiger charge is -2.18. The summed E-state index contributed by atoms with van der Waals surface area (Å²) in [6.07, 6.45) is 4.19. The van der Waals surface area contributed by atoms with Crippen LogP contribution >= 0.6 is 0 Å². The Morgan fingerprint density at radius 3 is 2.71 bits per heavy atom. The maximum absolute atomic E-state index is 12.0. The number of nitrogens with zero attached hydrogens (tertiary/aromatic N) is 3. The van der Waals surface area contributed by atoms with Crippen LogP contribution in [0.4, 0.5) is 11.4 Å². The van der Waals surface area contributed by atoms with Crippen LogP contribution in [-0.2, 0) is 4.79 Å². The van der Waals surface area contributed by atoms with E-state index in [1.165, 1.54) is 18.5 Å². The molecule has 0 aliphatic carbocycles. The van der Waals surface area contributed by atoms with E-state index in [1.54, 1.807) is 6.21 Å². The number of carbonyl (C=O) groups is 1. The SMILES string of the molecule is Cc1cc(N2CCCC2)ccc1/C=N/NC(=O)COc1cccc(N(C)C)c1. The van der Waals surface area contributed by atoms with Crippen LogP contribution in [0.5, 0.6) is 5.75 Å². The largest absolute Gasteiger partial charge is 0.484 e. The Bertz CT molecular complexity index is 842. The molecule has 0 bridgehead atoms. The summed E-state index contributed by atoms with van der Waals surface area (Å²) in [4.78, 5) is 16.4. The van der Waals surface area contributed by atoms with Gasteiger partial charge in [0.1, 0.15) is 5.75 Å². The fraction of sp³-hybridized carbons (Fsp3) is 0.364. The molecule has 2 aromatic rings. The van der Waals surface area contributed by atoms with Crippen molar-refractivity contribution in [2.45, 2.75) is 19.8 Å². The Morgan fingerprint density at radius 2 is 2.00 bits per heavy atom. The van der Waals surface area contributed by atoms with Crippen molar-refractivity contribution in [2.75, 3.05) is 43.6 Å². The number of hydrogen-bond acceptors (Lipinski definition) is 5. The van der Waals surface area contributed by atoms with Gasteiger partial charge in [0.2, 0.25) is 0 Å². The second-order valence-electron chi connectivity index (χ2n) is 7.21. The van der Waals surface area contributed by atoms with Crippen LogP contribution in [0, 0.1) is 6.92 Å². The first-order valence-electron chi connectivity index (χ1n) is 9.60. The Morgan fingerprint density at radius 1 is 1.21 bits per heavy atom. The van der Waals surface area contributed by atoms with E-state index in [9.17, 15) is 4.79 Å². The van der Waals surface area contributed by atoms with Crippen LogP contribution in [-0.4, -0.2) is 45.9 Å². The number of anilines is 2. The molecule has 1 aliphatic rings. The molecule has 0 saturated carbocycles. The minimum absolute atomic E-state index is 0.0822. The summed E-state index contributed by atoms with van der Waals surface area (Å²) in [5.41, 5.74) is 6.92. The van der Waals surface area contributed by atoms with Crippen LogP contribution in [0.2, 0.25) is 0 Å². The molecule has 0 atom stereocenters. The van der Waals surface area contributed by atoms with Gasteiger partial charge >= 0.3 is 0 Å². The molecule has 3 rings (SSSR count). The molecular formula is C22H28N4O2. The Labute approximate surface area is 166 Å². The van der Waals surface area contributed by atoms with E-state index in [0.29, 0.717) is 5.75 Å². The lowest BCUT2D eigenvalue weighted by Crippen LogP contribution is -2.24. The number of rotatable bonds is 7. The monoisotopic (exact) mass is 380 g/mol. The minimum Gasteiger partial charge on any atom is -0.484 e. The molecule has 1 fully saturated rings. The second kappa shape index (κ2) is 9.26. The average Bonchev–Trinajstić information content (AvgIpc) is 3.22. The van der Waals surface area contributed by atoms with Crippen molar-refractivity contribution in [3.05, 3.63) is 53.6 Å². The van der Waals surface area contributed by atoms with E-state index < -0.39 is 0 Å². The standard InChI is InChI=1S/C22H28N4O2/c1-17-13-20(26-11-4-5-12-26)10-9-18(17)15-23-24-22(27)16-28-21-8-6-7-19(14-21)25(2)3/h6-10,13-15H,4-5,11-12,16H2,1-3H3,(H,24,27)/b23-15+. The van der Waals surface area contributed by atoms with E-state index in [-0.39, 0.29) is 12.5 Å². The summed E-state index contributed by atoms with van der Waals surface area (Å²) in [5.74, 6) is 0.358. The molecule has 1 saturated heterocycles. The predicted molar refractivity (Wildman–Crippen MR) is 115 cm³/mol. The zero-order chi connectivity index (χ0) is 19.9. The topological polar surface area (TPSA) is 57.2 Å². The van der Waals surface area contributed by atoms with Gasteiger partial charge in [0.15, 0.2) is 6.61 Å². The average molecular weight is 380 g/mol. The van der Waals surface area contributed by atoms with E-state index in [2.05, 4.69) is 34.5 Å². The Kier molecular flexibility index (Phi) is 6.53. The fourth-order valence-corrected chi connectivity index (χ4v) is 3.18. The van der Waals surface area contributed by atoms with Crippen molar-refractivity contribution in [3.8, 4) is 5.75 Å². The van der Waals surface area contributed by atoms with Crippen molar-refractivity contribution in [1.82, 2.24) is 5.43 Å². The second-order valence-corrected chi connectivity index (χ2v) is 7.21. The molecule has 28 heavy (non-hydrogen) atoms. The van der Waals surface area contributed by atoms with Crippen LogP contribution in [0.1, 0.15) is 24.0 Å². The third kappa shape index (κ3) is 5.25. The van der Waals surface area contributed by atoms with Gasteiger partial charge in [-0.25, -0.2) is 5.43 Å². The fourth-order valence-electron chi connectivity index (χ4n) is 3.18. The third-order valence-corrected chi connectivity index (χ3v) is 4.82. The molecule has 0 aromatic heterocycles. The van der Waals surface area contributed by atoms with Crippen LogP contribution in [0.3, 0.4) is 0 Å². The zero-order valence-electron chi connectivity index (χ0n) is 16.8. The predicted octanol–water partition coefficient (Wildman–Crippen LogP) is 3.19. The van der Waals surface area contributed by atoms with Gasteiger partial charge in [0, 0.05) is 44.6 Å². The Balaban J connectivity index is 1.50. The molecule has 0 radical (unpaired) electrons. The summed E-state index contributed by atoms with van der Waals surface area (Å²) < 4.78 is 5.54. The van der Waals surface area contributed by atoms with Gasteiger partial charge in [0.05, 0.1) is 6.21 Å². The highest BCUT2D eigenvalue weighted by atomic mass is 16.5. The smallest absolute Gasteiger partial charge is 0.277 e. The van der Waals surface area contributed by atoms with Crippen molar-refractivity contribution in [3.63, 3.8) is 0 Å². The molecule has 6 heteroatoms. The quantitative estimate of drug-likeness (QED) is 0.592. The number of nitrogens with one attached hydrogen (secondary N) is 1. The molecule has 0 unspecified atom stereocenters. The molecule has 1 N–H and O–H groups in total. The number of hydrogen-bond donors (Lipinski definition) is 1. The van der Waals surface area contributed by atoms with Gasteiger partial charge in [-0.15, -0.1) is 0 Å². The van der Waals surface area contributed by atoms with Crippen LogP contribution < -0.4 is 20.0 Å². The van der Waals surface area contributed by atoms with Crippen molar-refractivity contribution >= 4 is 23.5 Å². The first-order chi connectivity index (χ1) is 13.5. The highest BCUT2D eigenvalue weighted by Crippen LogP contribution is 2.22. The molecule has 1 heterocycles. The van der Waals surface area contributed by atoms with Crippen molar-refractivity contribution < 1.29 is 9.53 Å². The maximum atomic E-state index is 12.0. The molecular weight excluding hydrogens is 352 g/mol. The highest BCUT2D eigenvalue weighted by Gasteiger charge is 2.12. The molecule has 6 nitrogen and oxygen atoms in total. The summed E-state index contributed by atoms with van der Waals surface area (Å²) in [6.45, 7) is 4.23. The number of hydrazone groups is 1. The van der Waals surface area contributed by atoms with Gasteiger partial charge < -0.3 is 14.5 Å². The third-order valence-electron chi connectivity index (χ3n) is 4.82. The van der Waals surface area contributed by atoms with Gasteiger partial charge in [0.25, 0.3) is 5.91 Å². The molecule has 1 aliphatic heterocycles. The van der Waals surface area contributed by atoms with Crippen LogP contribution in [0.25, 0.3) is 0 Å². The van der Waals surface area contributed by atoms with Gasteiger partial charge in [-0.2, -0.15) is 5.10 Å². The number of ether oxygens (including phenoxy) is 1. The Hall–Kier alpha value is -3.02. The number of benzene rings is 2. The summed E-state index contributed by atoms with van der Waals surface area (Å²) in [5, 5.41) is 4.06. The molecule has 148 valence electrons. The lowest BCUT2D eigenvalue weighted by molar-refractivity contribution is -0.123. The summed E-state index contributed by atoms with van der Waals surface area (Å²) in [7, 11) is 3.92. The normalized spacial score (nSPS) is 13.8. The van der Waals surface area contributed by atoms with E-state index >= 15 is 0 Å². The number of carbonyl (C=O) groups excluding carboxylic acids is 1. The van der Waals surface area contributed by atoms with Crippen molar-refractivity contribution in [1.29, 1.82) is 0 Å². The first kappa shape index (κ1) is 19.7. The van der Waals surface area contributed by atoms with E-state index in [1.807, 2.05) is 49.3 Å². The molecule has 1 amide bonds. The van der Waals surface area contributed by atoms with Crippen molar-refractivity contribution in [2.24, 2.45) is 5.10 Å². The van der Waals surface area contributed by atoms with E-state index in [4.69, 9.17) is 4.74 Å². The van der Waals surface area contributed by atoms with Gasteiger partial charge in [-0.05, 0) is 55.2 Å². The zero-order valence-corrected chi connectivity index (χ0v) is 16.8. The molecule has 2 aromatic carbocycles. The number of aryl methyl sites for hydroxylation is 1. The first-order valence-corrected chi connectivity index (χ1v) is 9.60. The number of amides is 1. The molecule has 0 spiro atoms. The van der Waals surface area contributed by atoms with Gasteiger partial charge in [-0.3, -0.25) is 4.79 Å². The summed E-state index contributed by atoms with van der Waals surface area (Å²) >= 11 is 0. The van der Waals surface area contributed by atoms with E-state index in [0.717, 1.165) is 29.9 Å². The maximum Gasteiger partial charge on any atom is 0.277 e. The highest BCUT2D eigenvalue weighted by molar-refractivity contribution is 5.85. The summed E-state index contributed by atoms with van der Waals surface area (Å²) in [6, 6.07) is 13.9. The lowest BCUT2D eigenvalue weighted by atomic mass is 10.1. The van der Waals surface area contributed by atoms with Crippen LogP contribution in [0.15, 0.2) is 47.6 Å². The minimum atomic E-state index is -0.294.